The average molecular weight is 256 g/mol. The Bertz CT molecular complexity index is 534. The Labute approximate surface area is 114 Å². The number of hydrogen-bond donors (Lipinski definition) is 2. The van der Waals surface area contributed by atoms with Crippen molar-refractivity contribution in [1.82, 2.24) is 9.97 Å². The lowest BCUT2D eigenvalue weighted by Gasteiger charge is -2.10. The van der Waals surface area contributed by atoms with Crippen LogP contribution in [0.1, 0.15) is 25.0 Å². The zero-order valence-corrected chi connectivity index (χ0v) is 11.7. The highest BCUT2D eigenvalue weighted by Gasteiger charge is 2.03. The topological polar surface area (TPSA) is 49.8 Å². The second-order valence-corrected chi connectivity index (χ2v) is 4.43. The lowest BCUT2D eigenvalue weighted by atomic mass is 10.1. The lowest BCUT2D eigenvalue weighted by molar-refractivity contribution is 1.07. The minimum atomic E-state index is 0.653. The van der Waals surface area contributed by atoms with Crippen molar-refractivity contribution < 1.29 is 0 Å². The van der Waals surface area contributed by atoms with Crippen LogP contribution in [0.4, 0.5) is 17.5 Å². The molecule has 2 rings (SSSR count). The summed E-state index contributed by atoms with van der Waals surface area (Å²) in [4.78, 5) is 8.70. The minimum Gasteiger partial charge on any atom is -0.354 e. The summed E-state index contributed by atoms with van der Waals surface area (Å²) in [5.41, 5.74) is 3.40. The summed E-state index contributed by atoms with van der Waals surface area (Å²) in [5, 5.41) is 6.45. The summed E-state index contributed by atoms with van der Waals surface area (Å²) in [6, 6.07) is 8.41. The zero-order valence-electron chi connectivity index (χ0n) is 11.7. The second-order valence-electron chi connectivity index (χ2n) is 4.43. The Hall–Kier alpha value is -2.10. The van der Waals surface area contributed by atoms with Gasteiger partial charge in [0, 0.05) is 24.0 Å². The van der Waals surface area contributed by atoms with Crippen LogP contribution in [0.3, 0.4) is 0 Å². The number of nitrogens with one attached hydrogen (secondary N) is 2. The molecule has 4 nitrogen and oxygen atoms in total. The molecule has 0 fully saturated rings. The van der Waals surface area contributed by atoms with Crippen molar-refractivity contribution in [2.24, 2.45) is 0 Å². The van der Waals surface area contributed by atoms with Crippen LogP contribution in [0.2, 0.25) is 0 Å². The first kappa shape index (κ1) is 13.3. The Morgan fingerprint density at radius 3 is 2.47 bits per heavy atom. The normalized spacial score (nSPS) is 10.3. The summed E-state index contributed by atoms with van der Waals surface area (Å²) in [5.74, 6) is 1.50. The van der Waals surface area contributed by atoms with E-state index in [1.54, 1.807) is 0 Å². The number of aromatic nitrogens is 2. The molecule has 0 unspecified atom stereocenters. The molecule has 1 aromatic carbocycles. The van der Waals surface area contributed by atoms with Gasteiger partial charge in [-0.2, -0.15) is 4.98 Å². The van der Waals surface area contributed by atoms with Gasteiger partial charge in [-0.3, -0.25) is 0 Å². The highest BCUT2D eigenvalue weighted by molar-refractivity contribution is 5.60. The van der Waals surface area contributed by atoms with Gasteiger partial charge in [-0.1, -0.05) is 19.1 Å². The molecule has 2 N–H and O–H groups in total. The molecule has 0 aliphatic rings. The molecular weight excluding hydrogens is 236 g/mol. The van der Waals surface area contributed by atoms with Crippen LogP contribution in [0.5, 0.6) is 0 Å². The largest absolute Gasteiger partial charge is 0.354 e. The monoisotopic (exact) mass is 256 g/mol. The van der Waals surface area contributed by atoms with Crippen molar-refractivity contribution in [2.75, 3.05) is 17.2 Å². The fourth-order valence-electron chi connectivity index (χ4n) is 1.77. The predicted octanol–water partition coefficient (Wildman–Crippen LogP) is 3.52. The SMILES string of the molecule is CCNc1ncc(C)c(Nc2ccc(CC)cc2)n1. The van der Waals surface area contributed by atoms with Crippen molar-refractivity contribution in [1.29, 1.82) is 0 Å². The van der Waals surface area contributed by atoms with Crippen LogP contribution in [0.15, 0.2) is 30.5 Å². The molecule has 1 aromatic heterocycles. The number of anilines is 3. The smallest absolute Gasteiger partial charge is 0.224 e. The molecule has 0 spiro atoms. The highest BCUT2D eigenvalue weighted by Crippen LogP contribution is 2.19. The van der Waals surface area contributed by atoms with Crippen LogP contribution in [-0.2, 0) is 6.42 Å². The molecule has 0 bridgehead atoms. The number of aryl methyl sites for hydroxylation is 2. The van der Waals surface area contributed by atoms with E-state index in [-0.39, 0.29) is 0 Å². The number of benzene rings is 1. The maximum atomic E-state index is 4.47. The van der Waals surface area contributed by atoms with Gasteiger partial charge >= 0.3 is 0 Å². The van der Waals surface area contributed by atoms with Crippen LogP contribution in [0, 0.1) is 6.92 Å². The first-order chi connectivity index (χ1) is 9.22. The first-order valence-electron chi connectivity index (χ1n) is 6.66. The summed E-state index contributed by atoms with van der Waals surface area (Å²) in [7, 11) is 0. The summed E-state index contributed by atoms with van der Waals surface area (Å²) in [6.45, 7) is 6.99. The van der Waals surface area contributed by atoms with E-state index in [9.17, 15) is 0 Å². The van der Waals surface area contributed by atoms with Gasteiger partial charge < -0.3 is 10.6 Å². The first-order valence-corrected chi connectivity index (χ1v) is 6.66. The predicted molar refractivity (Wildman–Crippen MR) is 80.0 cm³/mol. The van der Waals surface area contributed by atoms with Crippen molar-refractivity contribution in [2.45, 2.75) is 27.2 Å². The highest BCUT2D eigenvalue weighted by atomic mass is 15.1. The van der Waals surface area contributed by atoms with Gasteiger partial charge in [-0.15, -0.1) is 0 Å². The van der Waals surface area contributed by atoms with Crippen molar-refractivity contribution in [3.05, 3.63) is 41.6 Å². The van der Waals surface area contributed by atoms with E-state index in [0.717, 1.165) is 30.0 Å². The van der Waals surface area contributed by atoms with Gasteiger partial charge in [0.15, 0.2) is 0 Å². The van der Waals surface area contributed by atoms with Gasteiger partial charge in [0.2, 0.25) is 5.95 Å². The van der Waals surface area contributed by atoms with Gasteiger partial charge in [0.1, 0.15) is 5.82 Å². The molecule has 0 atom stereocenters. The molecule has 0 radical (unpaired) electrons. The Kier molecular flexibility index (Phi) is 4.34. The zero-order chi connectivity index (χ0) is 13.7. The second kappa shape index (κ2) is 6.18. The Morgan fingerprint density at radius 1 is 1.11 bits per heavy atom. The molecule has 0 aliphatic heterocycles. The Balaban J connectivity index is 2.18. The van der Waals surface area contributed by atoms with E-state index in [1.165, 1.54) is 5.56 Å². The van der Waals surface area contributed by atoms with Gasteiger partial charge in [-0.25, -0.2) is 4.98 Å². The average Bonchev–Trinajstić information content (AvgIpc) is 2.44. The summed E-state index contributed by atoms with van der Waals surface area (Å²) < 4.78 is 0. The van der Waals surface area contributed by atoms with Crippen molar-refractivity contribution in [3.8, 4) is 0 Å². The molecule has 0 aliphatic carbocycles. The molecule has 100 valence electrons. The molecule has 0 amide bonds. The third-order valence-electron chi connectivity index (χ3n) is 2.93. The number of rotatable bonds is 5. The third kappa shape index (κ3) is 3.44. The summed E-state index contributed by atoms with van der Waals surface area (Å²) in [6.07, 6.45) is 2.88. The molecule has 1 heterocycles. The lowest BCUT2D eigenvalue weighted by Crippen LogP contribution is -2.05. The van der Waals surface area contributed by atoms with E-state index >= 15 is 0 Å². The van der Waals surface area contributed by atoms with Crippen LogP contribution < -0.4 is 10.6 Å². The van der Waals surface area contributed by atoms with E-state index in [4.69, 9.17) is 0 Å². The molecule has 19 heavy (non-hydrogen) atoms. The van der Waals surface area contributed by atoms with E-state index < -0.39 is 0 Å². The molecular formula is C15H20N4. The van der Waals surface area contributed by atoms with Crippen LogP contribution in [-0.4, -0.2) is 16.5 Å². The van der Waals surface area contributed by atoms with E-state index in [2.05, 4.69) is 51.8 Å². The fraction of sp³-hybridized carbons (Fsp3) is 0.333. The van der Waals surface area contributed by atoms with Gasteiger partial charge in [0.25, 0.3) is 0 Å². The third-order valence-corrected chi connectivity index (χ3v) is 2.93. The van der Waals surface area contributed by atoms with Gasteiger partial charge in [0.05, 0.1) is 0 Å². The quantitative estimate of drug-likeness (QED) is 0.859. The van der Waals surface area contributed by atoms with E-state index in [0.29, 0.717) is 5.95 Å². The van der Waals surface area contributed by atoms with Crippen LogP contribution >= 0.6 is 0 Å². The Morgan fingerprint density at radius 2 is 1.84 bits per heavy atom. The fourth-order valence-corrected chi connectivity index (χ4v) is 1.77. The molecule has 2 aromatic rings. The van der Waals surface area contributed by atoms with Crippen molar-refractivity contribution >= 4 is 17.5 Å². The van der Waals surface area contributed by atoms with Crippen LogP contribution in [0.25, 0.3) is 0 Å². The summed E-state index contributed by atoms with van der Waals surface area (Å²) >= 11 is 0. The standard InChI is InChI=1S/C15H20N4/c1-4-12-6-8-13(9-7-12)18-14-11(3)10-17-15(19-14)16-5-2/h6-10H,4-5H2,1-3H3,(H2,16,17,18,19). The maximum absolute atomic E-state index is 4.47. The minimum absolute atomic E-state index is 0.653. The van der Waals surface area contributed by atoms with Crippen molar-refractivity contribution in [3.63, 3.8) is 0 Å². The van der Waals surface area contributed by atoms with E-state index in [1.807, 2.05) is 20.0 Å². The molecule has 0 saturated carbocycles. The number of nitrogens with zero attached hydrogens (tertiary/aromatic N) is 2. The molecule has 0 saturated heterocycles. The molecule has 4 heteroatoms. The maximum Gasteiger partial charge on any atom is 0.224 e. The van der Waals surface area contributed by atoms with Gasteiger partial charge in [-0.05, 0) is 38.0 Å². The number of hydrogen-bond acceptors (Lipinski definition) is 4.